The maximum Gasteiger partial charge on any atom is 0.306 e. The highest BCUT2D eigenvalue weighted by Crippen LogP contribution is 2.16. The lowest BCUT2D eigenvalue weighted by Crippen LogP contribution is -2.30. The molecule has 0 spiro atoms. The lowest BCUT2D eigenvalue weighted by atomic mass is 10.00. The first-order valence-corrected chi connectivity index (χ1v) is 20.8. The molecule has 0 rings (SSSR count). The van der Waals surface area contributed by atoms with E-state index in [0.29, 0.717) is 19.3 Å². The van der Waals surface area contributed by atoms with E-state index >= 15 is 0 Å². The van der Waals surface area contributed by atoms with Crippen LogP contribution in [0.1, 0.15) is 221 Å². The van der Waals surface area contributed by atoms with Crippen molar-refractivity contribution in [3.8, 4) is 0 Å². The van der Waals surface area contributed by atoms with Crippen molar-refractivity contribution in [2.24, 2.45) is 11.8 Å². The van der Waals surface area contributed by atoms with Crippen molar-refractivity contribution in [1.29, 1.82) is 0 Å². The molecule has 0 saturated heterocycles. The first kappa shape index (κ1) is 46.4. The lowest BCUT2D eigenvalue weighted by molar-refractivity contribution is -0.167. The van der Waals surface area contributed by atoms with Gasteiger partial charge in [-0.15, -0.1) is 0 Å². The summed E-state index contributed by atoms with van der Waals surface area (Å²) in [5.74, 6) is 0.756. The Kier molecular flexibility index (Phi) is 34.1. The van der Waals surface area contributed by atoms with Crippen molar-refractivity contribution < 1.29 is 28.6 Å². The molecule has 48 heavy (non-hydrogen) atoms. The highest BCUT2D eigenvalue weighted by Gasteiger charge is 2.19. The molecule has 0 aromatic rings. The smallest absolute Gasteiger partial charge is 0.306 e. The minimum absolute atomic E-state index is 0.0668. The number of carbonyl (C=O) groups excluding carboxylic acids is 3. The van der Waals surface area contributed by atoms with E-state index in [2.05, 4.69) is 34.6 Å². The topological polar surface area (TPSA) is 78.9 Å². The molecule has 0 fully saturated rings. The summed E-state index contributed by atoms with van der Waals surface area (Å²) >= 11 is 0. The molecule has 0 aromatic heterocycles. The van der Waals surface area contributed by atoms with Crippen molar-refractivity contribution >= 4 is 17.9 Å². The van der Waals surface area contributed by atoms with Gasteiger partial charge in [0.15, 0.2) is 6.10 Å². The summed E-state index contributed by atoms with van der Waals surface area (Å²) in [4.78, 5) is 37.4. The minimum atomic E-state index is -0.759. The fourth-order valence-corrected chi connectivity index (χ4v) is 6.01. The lowest BCUT2D eigenvalue weighted by Gasteiger charge is -2.18. The normalized spacial score (nSPS) is 12.6. The number of rotatable bonds is 36. The van der Waals surface area contributed by atoms with Gasteiger partial charge in [0.05, 0.1) is 0 Å². The molecule has 0 bridgehead atoms. The predicted molar refractivity (Wildman–Crippen MR) is 201 cm³/mol. The van der Waals surface area contributed by atoms with Gasteiger partial charge in [0, 0.05) is 19.3 Å². The zero-order chi connectivity index (χ0) is 35.5. The molecule has 6 nitrogen and oxygen atoms in total. The Morgan fingerprint density at radius 2 is 0.792 bits per heavy atom. The standard InChI is InChI=1S/C42H80O6/c1-6-8-9-10-15-22-27-32-40(43)46-35-39(48-42(45)34-29-24-19-18-21-26-31-38(5)7-2)36-47-41(44)33-28-23-17-14-12-11-13-16-20-25-30-37(3)4/h37-39H,6-36H2,1-5H3/t38?,39-/m1/s1. The first-order chi connectivity index (χ1) is 23.3. The van der Waals surface area contributed by atoms with Crippen molar-refractivity contribution in [3.05, 3.63) is 0 Å². The van der Waals surface area contributed by atoms with Crippen LogP contribution in [0.5, 0.6) is 0 Å². The summed E-state index contributed by atoms with van der Waals surface area (Å²) in [6.45, 7) is 11.2. The monoisotopic (exact) mass is 681 g/mol. The number of carbonyl (C=O) groups is 3. The van der Waals surface area contributed by atoms with Crippen LogP contribution in [0.25, 0.3) is 0 Å². The van der Waals surface area contributed by atoms with E-state index in [9.17, 15) is 14.4 Å². The molecule has 0 saturated carbocycles. The van der Waals surface area contributed by atoms with Gasteiger partial charge < -0.3 is 14.2 Å². The molecule has 0 N–H and O–H groups in total. The number of unbranched alkanes of at least 4 members (excludes halogenated alkanes) is 20. The van der Waals surface area contributed by atoms with E-state index in [-0.39, 0.29) is 31.1 Å². The highest BCUT2D eigenvalue weighted by molar-refractivity contribution is 5.71. The quantitative estimate of drug-likeness (QED) is 0.0372. The van der Waals surface area contributed by atoms with Gasteiger partial charge in [-0.3, -0.25) is 14.4 Å². The number of hydrogen-bond acceptors (Lipinski definition) is 6. The van der Waals surface area contributed by atoms with Crippen LogP contribution in [0, 0.1) is 11.8 Å². The number of hydrogen-bond donors (Lipinski definition) is 0. The molecule has 0 aliphatic rings. The van der Waals surface area contributed by atoms with Crippen LogP contribution in [0.3, 0.4) is 0 Å². The van der Waals surface area contributed by atoms with E-state index in [1.165, 1.54) is 109 Å². The maximum atomic E-state index is 12.6. The van der Waals surface area contributed by atoms with Crippen molar-refractivity contribution in [2.45, 2.75) is 227 Å². The van der Waals surface area contributed by atoms with E-state index in [1.807, 2.05) is 0 Å². The molecule has 0 heterocycles. The molecule has 0 amide bonds. The van der Waals surface area contributed by atoms with Gasteiger partial charge in [-0.05, 0) is 31.1 Å². The van der Waals surface area contributed by atoms with Crippen LogP contribution in [0.4, 0.5) is 0 Å². The molecule has 284 valence electrons. The molecule has 1 unspecified atom stereocenters. The SMILES string of the molecule is CCCCCCCCCC(=O)OC[C@H](COC(=O)CCCCCCCCCCCCC(C)C)OC(=O)CCCCCCCCC(C)CC. The maximum absolute atomic E-state index is 12.6. The third-order valence-electron chi connectivity index (χ3n) is 9.58. The van der Waals surface area contributed by atoms with Gasteiger partial charge in [-0.25, -0.2) is 0 Å². The second-order valence-electron chi connectivity index (χ2n) is 15.0. The Morgan fingerprint density at radius 1 is 0.438 bits per heavy atom. The van der Waals surface area contributed by atoms with Crippen LogP contribution in [-0.4, -0.2) is 37.2 Å². The molecule has 6 heteroatoms. The Balaban J connectivity index is 4.31. The van der Waals surface area contributed by atoms with Crippen LogP contribution in [0.15, 0.2) is 0 Å². The molecular weight excluding hydrogens is 600 g/mol. The minimum Gasteiger partial charge on any atom is -0.462 e. The number of ether oxygens (including phenoxy) is 3. The molecular formula is C42H80O6. The average molecular weight is 681 g/mol. The predicted octanol–water partition coefficient (Wildman–Crippen LogP) is 12.6. The zero-order valence-electron chi connectivity index (χ0n) is 32.6. The van der Waals surface area contributed by atoms with Gasteiger partial charge in [0.1, 0.15) is 13.2 Å². The van der Waals surface area contributed by atoms with E-state index in [0.717, 1.165) is 69.6 Å². The van der Waals surface area contributed by atoms with Crippen molar-refractivity contribution in [2.75, 3.05) is 13.2 Å². The number of esters is 3. The summed E-state index contributed by atoms with van der Waals surface area (Å²) in [6.07, 6.45) is 31.0. The summed E-state index contributed by atoms with van der Waals surface area (Å²) in [7, 11) is 0. The van der Waals surface area contributed by atoms with Crippen LogP contribution in [0.2, 0.25) is 0 Å². The van der Waals surface area contributed by atoms with Gasteiger partial charge >= 0.3 is 17.9 Å². The summed E-state index contributed by atoms with van der Waals surface area (Å²) in [5, 5.41) is 0. The van der Waals surface area contributed by atoms with Crippen molar-refractivity contribution in [1.82, 2.24) is 0 Å². The Hall–Kier alpha value is -1.59. The van der Waals surface area contributed by atoms with E-state index < -0.39 is 6.10 Å². The largest absolute Gasteiger partial charge is 0.462 e. The van der Waals surface area contributed by atoms with Gasteiger partial charge in [0.25, 0.3) is 0 Å². The van der Waals surface area contributed by atoms with Gasteiger partial charge in [-0.1, -0.05) is 182 Å². The van der Waals surface area contributed by atoms with E-state index in [4.69, 9.17) is 14.2 Å². The van der Waals surface area contributed by atoms with E-state index in [1.54, 1.807) is 0 Å². The van der Waals surface area contributed by atoms with Crippen LogP contribution < -0.4 is 0 Å². The van der Waals surface area contributed by atoms with Crippen LogP contribution in [-0.2, 0) is 28.6 Å². The molecule has 0 aromatic carbocycles. The molecule has 0 radical (unpaired) electrons. The Labute approximate surface area is 298 Å². The summed E-state index contributed by atoms with van der Waals surface area (Å²) in [6, 6.07) is 0. The first-order valence-electron chi connectivity index (χ1n) is 20.8. The van der Waals surface area contributed by atoms with Gasteiger partial charge in [-0.2, -0.15) is 0 Å². The fraction of sp³-hybridized carbons (Fsp3) is 0.929. The molecule has 0 aliphatic heterocycles. The Bertz CT molecular complexity index is 736. The average Bonchev–Trinajstić information content (AvgIpc) is 3.06. The fourth-order valence-electron chi connectivity index (χ4n) is 6.01. The highest BCUT2D eigenvalue weighted by atomic mass is 16.6. The second kappa shape index (κ2) is 35.2. The second-order valence-corrected chi connectivity index (χ2v) is 15.0. The third-order valence-corrected chi connectivity index (χ3v) is 9.58. The van der Waals surface area contributed by atoms with Gasteiger partial charge in [0.2, 0.25) is 0 Å². The van der Waals surface area contributed by atoms with Crippen LogP contribution >= 0.6 is 0 Å². The zero-order valence-corrected chi connectivity index (χ0v) is 32.6. The van der Waals surface area contributed by atoms with Crippen molar-refractivity contribution in [3.63, 3.8) is 0 Å². The Morgan fingerprint density at radius 3 is 1.19 bits per heavy atom. The molecule has 2 atom stereocenters. The third kappa shape index (κ3) is 34.3. The summed E-state index contributed by atoms with van der Waals surface area (Å²) in [5.41, 5.74) is 0. The summed E-state index contributed by atoms with van der Waals surface area (Å²) < 4.78 is 16.6. The molecule has 0 aliphatic carbocycles.